The zero-order valence-electron chi connectivity index (χ0n) is 12.4. The van der Waals surface area contributed by atoms with Gasteiger partial charge in [0.25, 0.3) is 0 Å². The molecule has 2 aromatic heterocycles. The van der Waals surface area contributed by atoms with E-state index in [2.05, 4.69) is 10.3 Å². The molecule has 1 aromatic carbocycles. The van der Waals surface area contributed by atoms with Gasteiger partial charge in [-0.1, -0.05) is 48.0 Å². The second kappa shape index (κ2) is 7.11. The van der Waals surface area contributed by atoms with Crippen LogP contribution in [-0.2, 0) is 11.2 Å². The van der Waals surface area contributed by atoms with Gasteiger partial charge in [0.05, 0.1) is 5.69 Å². The molecule has 116 valence electrons. The van der Waals surface area contributed by atoms with Gasteiger partial charge in [0.1, 0.15) is 5.65 Å². The molecule has 0 saturated carbocycles. The monoisotopic (exact) mass is 325 g/mol. The molecule has 23 heavy (non-hydrogen) atoms. The lowest BCUT2D eigenvalue weighted by Gasteiger charge is -2.02. The summed E-state index contributed by atoms with van der Waals surface area (Å²) in [7, 11) is 0. The van der Waals surface area contributed by atoms with Crippen LogP contribution in [0, 0.1) is 0 Å². The SMILES string of the molecule is O=C(/C=C/c1c(Cl)nc2ccccn12)NCCc1ccccc1. The Bertz CT molecular complexity index is 840. The number of nitrogens with one attached hydrogen (secondary N) is 1. The van der Waals surface area contributed by atoms with Crippen LogP contribution < -0.4 is 5.32 Å². The Labute approximate surface area is 139 Å². The molecular weight excluding hydrogens is 310 g/mol. The second-order valence-electron chi connectivity index (χ2n) is 5.08. The van der Waals surface area contributed by atoms with E-state index in [0.29, 0.717) is 17.4 Å². The van der Waals surface area contributed by atoms with E-state index in [9.17, 15) is 4.79 Å². The normalized spacial score (nSPS) is 11.2. The summed E-state index contributed by atoms with van der Waals surface area (Å²) in [6.45, 7) is 0.591. The molecule has 0 aliphatic heterocycles. The molecule has 3 rings (SSSR count). The van der Waals surface area contributed by atoms with E-state index in [1.54, 1.807) is 6.08 Å². The van der Waals surface area contributed by atoms with Crippen molar-refractivity contribution in [2.24, 2.45) is 0 Å². The molecule has 5 heteroatoms. The zero-order valence-corrected chi connectivity index (χ0v) is 13.2. The van der Waals surface area contributed by atoms with Gasteiger partial charge < -0.3 is 5.32 Å². The molecule has 0 fully saturated rings. The first-order chi connectivity index (χ1) is 11.2. The number of fused-ring (bicyclic) bond motifs is 1. The van der Waals surface area contributed by atoms with Gasteiger partial charge in [0.15, 0.2) is 5.15 Å². The van der Waals surface area contributed by atoms with E-state index >= 15 is 0 Å². The lowest BCUT2D eigenvalue weighted by atomic mass is 10.1. The van der Waals surface area contributed by atoms with Gasteiger partial charge >= 0.3 is 0 Å². The van der Waals surface area contributed by atoms with E-state index in [1.807, 2.05) is 59.1 Å². The fraction of sp³-hybridized carbons (Fsp3) is 0.111. The zero-order chi connectivity index (χ0) is 16.1. The molecule has 0 saturated heterocycles. The number of carbonyl (C=O) groups excluding carboxylic acids is 1. The minimum absolute atomic E-state index is 0.150. The van der Waals surface area contributed by atoms with Crippen LogP contribution in [0.4, 0.5) is 0 Å². The third kappa shape index (κ3) is 3.79. The molecule has 1 N–H and O–H groups in total. The molecule has 0 aliphatic carbocycles. The van der Waals surface area contributed by atoms with Crippen molar-refractivity contribution in [2.45, 2.75) is 6.42 Å². The van der Waals surface area contributed by atoms with Crippen molar-refractivity contribution < 1.29 is 4.79 Å². The van der Waals surface area contributed by atoms with Gasteiger partial charge in [-0.3, -0.25) is 9.20 Å². The van der Waals surface area contributed by atoms with Crippen LogP contribution in [0.25, 0.3) is 11.7 Å². The Kier molecular flexibility index (Phi) is 4.74. The predicted octanol–water partition coefficient (Wildman–Crippen LogP) is 3.36. The Balaban J connectivity index is 1.60. The van der Waals surface area contributed by atoms with E-state index in [4.69, 9.17) is 11.6 Å². The lowest BCUT2D eigenvalue weighted by Crippen LogP contribution is -2.23. The van der Waals surface area contributed by atoms with Crippen LogP contribution in [0.3, 0.4) is 0 Å². The summed E-state index contributed by atoms with van der Waals surface area (Å²) in [4.78, 5) is 16.1. The van der Waals surface area contributed by atoms with Crippen LogP contribution in [0.15, 0.2) is 60.8 Å². The first kappa shape index (κ1) is 15.3. The van der Waals surface area contributed by atoms with Crippen molar-refractivity contribution in [3.05, 3.63) is 77.2 Å². The highest BCUT2D eigenvalue weighted by molar-refractivity contribution is 6.31. The molecule has 2 heterocycles. The van der Waals surface area contributed by atoms with Crippen molar-refractivity contribution in [3.63, 3.8) is 0 Å². The largest absolute Gasteiger partial charge is 0.352 e. The average Bonchev–Trinajstić information content (AvgIpc) is 2.89. The first-order valence-corrected chi connectivity index (χ1v) is 7.74. The number of amides is 1. The van der Waals surface area contributed by atoms with Crippen molar-refractivity contribution in [1.82, 2.24) is 14.7 Å². The van der Waals surface area contributed by atoms with E-state index in [0.717, 1.165) is 12.1 Å². The third-order valence-corrected chi connectivity index (χ3v) is 3.75. The summed E-state index contributed by atoms with van der Waals surface area (Å²) < 4.78 is 1.84. The highest BCUT2D eigenvalue weighted by Crippen LogP contribution is 2.18. The quantitative estimate of drug-likeness (QED) is 0.731. The van der Waals surface area contributed by atoms with Crippen LogP contribution in [-0.4, -0.2) is 21.8 Å². The van der Waals surface area contributed by atoms with E-state index in [1.165, 1.54) is 11.6 Å². The van der Waals surface area contributed by atoms with Crippen LogP contribution >= 0.6 is 11.6 Å². The van der Waals surface area contributed by atoms with Crippen LogP contribution in [0.2, 0.25) is 5.15 Å². The maximum absolute atomic E-state index is 11.9. The van der Waals surface area contributed by atoms with Gasteiger partial charge in [0, 0.05) is 18.8 Å². The fourth-order valence-corrected chi connectivity index (χ4v) is 2.56. The van der Waals surface area contributed by atoms with E-state index in [-0.39, 0.29) is 5.91 Å². The smallest absolute Gasteiger partial charge is 0.244 e. The summed E-state index contributed by atoms with van der Waals surface area (Å²) >= 11 is 6.12. The van der Waals surface area contributed by atoms with Crippen LogP contribution in [0.5, 0.6) is 0 Å². The number of aromatic nitrogens is 2. The Hall–Kier alpha value is -2.59. The van der Waals surface area contributed by atoms with Gasteiger partial charge in [0.2, 0.25) is 5.91 Å². The number of imidazole rings is 1. The number of pyridine rings is 1. The lowest BCUT2D eigenvalue weighted by molar-refractivity contribution is -0.116. The molecule has 4 nitrogen and oxygen atoms in total. The summed E-state index contributed by atoms with van der Waals surface area (Å²) in [6.07, 6.45) is 5.82. The number of hydrogen-bond donors (Lipinski definition) is 1. The van der Waals surface area contributed by atoms with Crippen molar-refractivity contribution in [3.8, 4) is 0 Å². The highest BCUT2D eigenvalue weighted by Gasteiger charge is 2.07. The maximum Gasteiger partial charge on any atom is 0.244 e. The highest BCUT2D eigenvalue weighted by atomic mass is 35.5. The van der Waals surface area contributed by atoms with Gasteiger partial charge in [-0.2, -0.15) is 0 Å². The predicted molar refractivity (Wildman–Crippen MR) is 92.4 cm³/mol. The second-order valence-corrected chi connectivity index (χ2v) is 5.43. The molecule has 1 amide bonds. The number of halogens is 1. The van der Waals surface area contributed by atoms with Gasteiger partial charge in [-0.25, -0.2) is 4.98 Å². The topological polar surface area (TPSA) is 46.4 Å². The van der Waals surface area contributed by atoms with Gasteiger partial charge in [-0.05, 0) is 30.2 Å². The Morgan fingerprint density at radius 2 is 1.96 bits per heavy atom. The third-order valence-electron chi connectivity index (χ3n) is 3.47. The maximum atomic E-state index is 11.9. The molecule has 0 radical (unpaired) electrons. The Morgan fingerprint density at radius 3 is 2.78 bits per heavy atom. The number of rotatable bonds is 5. The minimum Gasteiger partial charge on any atom is -0.352 e. The number of benzene rings is 1. The first-order valence-electron chi connectivity index (χ1n) is 7.36. The summed E-state index contributed by atoms with van der Waals surface area (Å²) in [5.41, 5.74) is 2.64. The van der Waals surface area contributed by atoms with Crippen molar-refractivity contribution >= 4 is 29.2 Å². The summed E-state index contributed by atoms with van der Waals surface area (Å²) in [5.74, 6) is -0.150. The average molecular weight is 326 g/mol. The summed E-state index contributed by atoms with van der Waals surface area (Å²) in [6, 6.07) is 15.7. The Morgan fingerprint density at radius 1 is 1.17 bits per heavy atom. The molecule has 3 aromatic rings. The number of hydrogen-bond acceptors (Lipinski definition) is 2. The van der Waals surface area contributed by atoms with Crippen molar-refractivity contribution in [1.29, 1.82) is 0 Å². The van der Waals surface area contributed by atoms with Crippen LogP contribution in [0.1, 0.15) is 11.3 Å². The molecule has 0 unspecified atom stereocenters. The molecule has 0 spiro atoms. The standard InChI is InChI=1S/C18H16ClN3O/c19-18-15(22-13-5-4-8-16(22)21-18)9-10-17(23)20-12-11-14-6-2-1-3-7-14/h1-10,13H,11-12H2,(H,20,23)/b10-9+. The van der Waals surface area contributed by atoms with Crippen molar-refractivity contribution in [2.75, 3.05) is 6.54 Å². The minimum atomic E-state index is -0.150. The summed E-state index contributed by atoms with van der Waals surface area (Å²) in [5, 5.41) is 3.24. The molecule has 0 aliphatic rings. The van der Waals surface area contributed by atoms with E-state index < -0.39 is 0 Å². The fourth-order valence-electron chi connectivity index (χ4n) is 2.32. The molecular formula is C18H16ClN3O. The van der Waals surface area contributed by atoms with Gasteiger partial charge in [-0.15, -0.1) is 0 Å². The number of carbonyl (C=O) groups is 1. The molecule has 0 bridgehead atoms. The number of nitrogens with zero attached hydrogens (tertiary/aromatic N) is 2. The molecule has 0 atom stereocenters.